The van der Waals surface area contributed by atoms with Gasteiger partial charge >= 0.3 is 5.97 Å². The maximum atomic E-state index is 11.4. The lowest BCUT2D eigenvalue weighted by molar-refractivity contribution is -0.138. The van der Waals surface area contributed by atoms with Crippen LogP contribution in [0.4, 0.5) is 0 Å². The molecule has 0 aliphatic carbocycles. The fourth-order valence-electron chi connectivity index (χ4n) is 1.83. The summed E-state index contributed by atoms with van der Waals surface area (Å²) >= 11 is 0. The van der Waals surface area contributed by atoms with Crippen LogP contribution in [-0.4, -0.2) is 55.2 Å². The van der Waals surface area contributed by atoms with Gasteiger partial charge in [-0.1, -0.05) is 0 Å². The van der Waals surface area contributed by atoms with Crippen LogP contribution >= 0.6 is 0 Å². The Balaban J connectivity index is 2.75. The highest BCUT2D eigenvalue weighted by Gasteiger charge is 2.33. The summed E-state index contributed by atoms with van der Waals surface area (Å²) in [5.74, 6) is -0.922. The van der Waals surface area contributed by atoms with Crippen LogP contribution in [0.2, 0.25) is 0 Å². The van der Waals surface area contributed by atoms with E-state index in [4.69, 9.17) is 5.11 Å². The third kappa shape index (κ3) is 3.15. The van der Waals surface area contributed by atoms with Crippen molar-refractivity contribution in [1.82, 2.24) is 9.62 Å². The highest BCUT2D eigenvalue weighted by molar-refractivity contribution is 7.88. The zero-order chi connectivity index (χ0) is 11.6. The molecular weight excluding hydrogens is 220 g/mol. The summed E-state index contributed by atoms with van der Waals surface area (Å²) in [6.45, 7) is 2.62. The van der Waals surface area contributed by atoms with Gasteiger partial charge in [0.1, 0.15) is 0 Å². The van der Waals surface area contributed by atoms with Crippen molar-refractivity contribution in [3.63, 3.8) is 0 Å². The summed E-state index contributed by atoms with van der Waals surface area (Å²) < 4.78 is 24.1. The van der Waals surface area contributed by atoms with Crippen LogP contribution in [0, 0.1) is 0 Å². The Hall–Kier alpha value is -0.660. The van der Waals surface area contributed by atoms with E-state index in [1.54, 1.807) is 6.92 Å². The molecule has 0 saturated carbocycles. The fraction of sp³-hybridized carbons (Fsp3) is 0.875. The van der Waals surface area contributed by atoms with Crippen LogP contribution in [0.25, 0.3) is 0 Å². The summed E-state index contributed by atoms with van der Waals surface area (Å²) in [4.78, 5) is 10.6. The Labute approximate surface area is 89.3 Å². The first-order valence-corrected chi connectivity index (χ1v) is 6.59. The molecule has 6 nitrogen and oxygen atoms in total. The Morgan fingerprint density at radius 2 is 2.20 bits per heavy atom. The first-order chi connectivity index (χ1) is 6.82. The van der Waals surface area contributed by atoms with Crippen LogP contribution in [0.5, 0.6) is 0 Å². The van der Waals surface area contributed by atoms with Gasteiger partial charge in [-0.3, -0.25) is 4.79 Å². The van der Waals surface area contributed by atoms with Crippen LogP contribution in [0.1, 0.15) is 13.3 Å². The Bertz CT molecular complexity index is 341. The SMILES string of the molecule is C[C@H]1[C@@H](CC(=O)O)NCCN1S(C)(=O)=O. The van der Waals surface area contributed by atoms with Gasteiger partial charge in [-0.15, -0.1) is 0 Å². The van der Waals surface area contributed by atoms with Crippen LogP contribution in [0.3, 0.4) is 0 Å². The first-order valence-electron chi connectivity index (χ1n) is 4.74. The average Bonchev–Trinajstić information content (AvgIpc) is 2.05. The van der Waals surface area contributed by atoms with Crippen molar-refractivity contribution in [2.24, 2.45) is 0 Å². The topological polar surface area (TPSA) is 86.7 Å². The van der Waals surface area contributed by atoms with E-state index in [2.05, 4.69) is 5.32 Å². The first kappa shape index (κ1) is 12.4. The van der Waals surface area contributed by atoms with E-state index < -0.39 is 16.0 Å². The standard InChI is InChI=1S/C8H16N2O4S/c1-6-7(5-8(11)12)9-3-4-10(6)15(2,13)14/h6-7,9H,3-5H2,1-2H3,(H,11,12)/t6-,7+/m0/s1. The summed E-state index contributed by atoms with van der Waals surface area (Å²) in [7, 11) is -3.24. The van der Waals surface area contributed by atoms with Gasteiger partial charge in [0.05, 0.1) is 12.7 Å². The smallest absolute Gasteiger partial charge is 0.304 e. The normalized spacial score (nSPS) is 28.9. The number of carboxylic acids is 1. The second kappa shape index (κ2) is 4.46. The molecule has 2 N–H and O–H groups in total. The molecule has 1 fully saturated rings. The zero-order valence-corrected chi connectivity index (χ0v) is 9.62. The van der Waals surface area contributed by atoms with Gasteiger partial charge in [-0.25, -0.2) is 8.42 Å². The van der Waals surface area contributed by atoms with Crippen LogP contribution in [0.15, 0.2) is 0 Å². The molecule has 1 saturated heterocycles. The van der Waals surface area contributed by atoms with Gasteiger partial charge in [-0.05, 0) is 6.92 Å². The van der Waals surface area contributed by atoms with E-state index in [1.165, 1.54) is 4.31 Å². The molecule has 0 amide bonds. The molecule has 2 atom stereocenters. The van der Waals surface area contributed by atoms with E-state index in [0.717, 1.165) is 6.26 Å². The number of hydrogen-bond acceptors (Lipinski definition) is 4. The molecule has 0 radical (unpaired) electrons. The lowest BCUT2D eigenvalue weighted by Gasteiger charge is -2.37. The number of rotatable bonds is 3. The maximum Gasteiger partial charge on any atom is 0.304 e. The third-order valence-electron chi connectivity index (χ3n) is 2.60. The van der Waals surface area contributed by atoms with Crippen molar-refractivity contribution in [3.8, 4) is 0 Å². The summed E-state index contributed by atoms with van der Waals surface area (Å²) in [6.07, 6.45) is 1.08. The third-order valence-corrected chi connectivity index (χ3v) is 3.96. The Kier molecular flexibility index (Phi) is 3.69. The van der Waals surface area contributed by atoms with E-state index in [-0.39, 0.29) is 18.5 Å². The molecule has 0 aromatic carbocycles. The van der Waals surface area contributed by atoms with Gasteiger partial charge in [0.2, 0.25) is 10.0 Å². The van der Waals surface area contributed by atoms with Gasteiger partial charge < -0.3 is 10.4 Å². The molecule has 1 aliphatic heterocycles. The molecule has 1 heterocycles. The molecule has 15 heavy (non-hydrogen) atoms. The molecule has 0 aromatic heterocycles. The highest BCUT2D eigenvalue weighted by Crippen LogP contribution is 2.15. The maximum absolute atomic E-state index is 11.4. The largest absolute Gasteiger partial charge is 0.481 e. The van der Waals surface area contributed by atoms with Crippen LogP contribution < -0.4 is 5.32 Å². The minimum absolute atomic E-state index is 0.0623. The molecule has 0 bridgehead atoms. The lowest BCUT2D eigenvalue weighted by Crippen LogP contribution is -2.58. The van der Waals surface area contributed by atoms with E-state index in [0.29, 0.717) is 13.1 Å². The minimum atomic E-state index is -3.24. The quantitative estimate of drug-likeness (QED) is 0.662. The molecule has 0 spiro atoms. The molecule has 1 aliphatic rings. The van der Waals surface area contributed by atoms with Crippen molar-refractivity contribution in [1.29, 1.82) is 0 Å². The Morgan fingerprint density at radius 1 is 1.60 bits per heavy atom. The van der Waals surface area contributed by atoms with Gasteiger partial charge in [-0.2, -0.15) is 4.31 Å². The van der Waals surface area contributed by atoms with Gasteiger partial charge in [0.25, 0.3) is 0 Å². The lowest BCUT2D eigenvalue weighted by atomic mass is 10.0. The van der Waals surface area contributed by atoms with Crippen molar-refractivity contribution >= 4 is 16.0 Å². The number of aliphatic carboxylic acids is 1. The van der Waals surface area contributed by atoms with Gasteiger partial charge in [0, 0.05) is 25.2 Å². The number of carbonyl (C=O) groups is 1. The van der Waals surface area contributed by atoms with E-state index in [9.17, 15) is 13.2 Å². The van der Waals surface area contributed by atoms with Crippen molar-refractivity contribution in [3.05, 3.63) is 0 Å². The molecule has 7 heteroatoms. The molecule has 0 aromatic rings. The molecule has 0 unspecified atom stereocenters. The van der Waals surface area contributed by atoms with Crippen molar-refractivity contribution < 1.29 is 18.3 Å². The van der Waals surface area contributed by atoms with E-state index in [1.807, 2.05) is 0 Å². The van der Waals surface area contributed by atoms with Crippen molar-refractivity contribution in [2.45, 2.75) is 25.4 Å². The number of piperazine rings is 1. The van der Waals surface area contributed by atoms with Gasteiger partial charge in [0.15, 0.2) is 0 Å². The summed E-state index contributed by atoms with van der Waals surface area (Å²) in [6, 6.07) is -0.629. The molecular formula is C8H16N2O4S. The summed E-state index contributed by atoms with van der Waals surface area (Å²) in [5.41, 5.74) is 0. The number of nitrogens with zero attached hydrogens (tertiary/aromatic N) is 1. The number of hydrogen-bond donors (Lipinski definition) is 2. The molecule has 1 rings (SSSR count). The summed E-state index contributed by atoms with van der Waals surface area (Å²) in [5, 5.41) is 11.7. The highest BCUT2D eigenvalue weighted by atomic mass is 32.2. The van der Waals surface area contributed by atoms with E-state index >= 15 is 0 Å². The average molecular weight is 236 g/mol. The number of carboxylic acid groups (broad SMARTS) is 1. The second-order valence-corrected chi connectivity index (χ2v) is 5.71. The zero-order valence-electron chi connectivity index (χ0n) is 8.80. The van der Waals surface area contributed by atoms with Crippen molar-refractivity contribution in [2.75, 3.05) is 19.3 Å². The number of nitrogens with one attached hydrogen (secondary N) is 1. The Morgan fingerprint density at radius 3 is 2.67 bits per heavy atom. The monoisotopic (exact) mass is 236 g/mol. The second-order valence-electron chi connectivity index (χ2n) is 3.77. The predicted octanol–water partition coefficient (Wildman–Crippen LogP) is -0.917. The predicted molar refractivity (Wildman–Crippen MR) is 55.1 cm³/mol. The van der Waals surface area contributed by atoms with Crippen LogP contribution in [-0.2, 0) is 14.8 Å². The number of sulfonamides is 1. The molecule has 88 valence electrons. The fourth-order valence-corrected chi connectivity index (χ4v) is 3.01. The minimum Gasteiger partial charge on any atom is -0.481 e.